The molecule has 5 rings (SSSR count). The number of fused-ring (bicyclic) bond motifs is 6. The number of benzene rings is 3. The van der Waals surface area contributed by atoms with Crippen molar-refractivity contribution in [1.82, 2.24) is 9.55 Å². The van der Waals surface area contributed by atoms with Crippen LogP contribution in [0, 0.1) is 0 Å². The summed E-state index contributed by atoms with van der Waals surface area (Å²) in [6.45, 7) is 3.84. The third-order valence-corrected chi connectivity index (χ3v) is 5.29. The lowest BCUT2D eigenvalue weighted by Crippen LogP contribution is -2.15. The van der Waals surface area contributed by atoms with Crippen LogP contribution in [-0.2, 0) is 9.47 Å². The van der Waals surface area contributed by atoms with Crippen LogP contribution in [0.3, 0.4) is 0 Å². The molecule has 2 heterocycles. The number of rotatable bonds is 3. The summed E-state index contributed by atoms with van der Waals surface area (Å²) < 4.78 is 17.5. The standard InChI is InChI=1S/C24H20N2O5/c1-3-29-23(27)26-19-12-8-6-10-15(19)17-13-16-14-9-5-7-11-18(14)25-20(16)22(21(17)26)31-24(28)30-4-2/h5-13,25H,3-4H2,1-2H3. The summed E-state index contributed by atoms with van der Waals surface area (Å²) in [6.07, 6.45) is -1.38. The van der Waals surface area contributed by atoms with Crippen molar-refractivity contribution in [2.45, 2.75) is 13.8 Å². The van der Waals surface area contributed by atoms with E-state index < -0.39 is 12.2 Å². The molecule has 0 aliphatic rings. The molecule has 2 aromatic heterocycles. The van der Waals surface area contributed by atoms with E-state index in [0.29, 0.717) is 16.6 Å². The molecule has 1 N–H and O–H groups in total. The number of H-pyrrole nitrogens is 1. The van der Waals surface area contributed by atoms with Gasteiger partial charge < -0.3 is 19.2 Å². The van der Waals surface area contributed by atoms with Gasteiger partial charge in [-0.1, -0.05) is 36.4 Å². The van der Waals surface area contributed by atoms with E-state index in [0.717, 1.165) is 27.1 Å². The number of nitrogens with one attached hydrogen (secondary N) is 1. The predicted molar refractivity (Wildman–Crippen MR) is 119 cm³/mol. The maximum atomic E-state index is 13.0. The molecule has 0 saturated carbocycles. The number of hydrogen-bond donors (Lipinski definition) is 1. The summed E-state index contributed by atoms with van der Waals surface area (Å²) in [5.74, 6) is 0.228. The van der Waals surface area contributed by atoms with E-state index in [1.165, 1.54) is 4.57 Å². The van der Waals surface area contributed by atoms with Crippen LogP contribution in [0.4, 0.5) is 9.59 Å². The Bertz CT molecular complexity index is 1480. The quantitative estimate of drug-likeness (QED) is 0.289. The second-order valence-electron chi connectivity index (χ2n) is 7.03. The van der Waals surface area contributed by atoms with E-state index >= 15 is 0 Å². The minimum Gasteiger partial charge on any atom is -0.449 e. The Morgan fingerprint density at radius 3 is 2.35 bits per heavy atom. The molecule has 0 spiro atoms. The zero-order chi connectivity index (χ0) is 21.5. The van der Waals surface area contributed by atoms with Gasteiger partial charge in [0.1, 0.15) is 5.52 Å². The van der Waals surface area contributed by atoms with Crippen LogP contribution in [0.25, 0.3) is 43.6 Å². The predicted octanol–water partition coefficient (Wildman–Crippen LogP) is 5.97. The van der Waals surface area contributed by atoms with Crippen LogP contribution in [0.2, 0.25) is 0 Å². The van der Waals surface area contributed by atoms with Crippen molar-refractivity contribution in [3.05, 3.63) is 54.6 Å². The molecular weight excluding hydrogens is 396 g/mol. The summed E-state index contributed by atoms with van der Waals surface area (Å²) in [7, 11) is 0. The number of para-hydroxylation sites is 2. The molecule has 3 aromatic carbocycles. The van der Waals surface area contributed by atoms with Crippen LogP contribution in [0.15, 0.2) is 54.6 Å². The van der Waals surface area contributed by atoms with E-state index in [2.05, 4.69) is 4.98 Å². The van der Waals surface area contributed by atoms with Gasteiger partial charge in [-0.15, -0.1) is 0 Å². The summed E-state index contributed by atoms with van der Waals surface area (Å²) in [6, 6.07) is 17.4. The third kappa shape index (κ3) is 2.89. The summed E-state index contributed by atoms with van der Waals surface area (Å²) in [5.41, 5.74) is 2.62. The highest BCUT2D eigenvalue weighted by Crippen LogP contribution is 2.42. The van der Waals surface area contributed by atoms with Crippen molar-refractivity contribution in [3.63, 3.8) is 0 Å². The van der Waals surface area contributed by atoms with Crippen LogP contribution < -0.4 is 4.74 Å². The number of ether oxygens (including phenoxy) is 3. The average molecular weight is 416 g/mol. The maximum Gasteiger partial charge on any atom is 0.513 e. The molecule has 0 fully saturated rings. The molecular formula is C24H20N2O5. The molecule has 7 heteroatoms. The van der Waals surface area contributed by atoms with Crippen molar-refractivity contribution in [2.24, 2.45) is 0 Å². The fourth-order valence-electron chi connectivity index (χ4n) is 4.10. The minimum atomic E-state index is -0.837. The lowest BCUT2D eigenvalue weighted by Gasteiger charge is -2.11. The Morgan fingerprint density at radius 2 is 1.58 bits per heavy atom. The van der Waals surface area contributed by atoms with Crippen molar-refractivity contribution in [1.29, 1.82) is 0 Å². The number of aromatic amines is 1. The molecule has 7 nitrogen and oxygen atoms in total. The first-order chi connectivity index (χ1) is 15.1. The van der Waals surface area contributed by atoms with Gasteiger partial charge in [0.25, 0.3) is 0 Å². The fourth-order valence-corrected chi connectivity index (χ4v) is 4.10. The van der Waals surface area contributed by atoms with Crippen molar-refractivity contribution in [2.75, 3.05) is 13.2 Å². The van der Waals surface area contributed by atoms with Crippen LogP contribution >= 0.6 is 0 Å². The molecule has 0 aliphatic heterocycles. The van der Waals surface area contributed by atoms with E-state index in [1.807, 2.05) is 54.6 Å². The number of carbonyl (C=O) groups excluding carboxylic acids is 2. The number of carbonyl (C=O) groups is 2. The average Bonchev–Trinajstić information content (AvgIpc) is 3.30. The molecule has 5 aromatic rings. The molecule has 0 unspecified atom stereocenters. The summed E-state index contributed by atoms with van der Waals surface area (Å²) in [5, 5.41) is 3.50. The van der Waals surface area contributed by atoms with Gasteiger partial charge in [0.15, 0.2) is 5.75 Å². The van der Waals surface area contributed by atoms with Crippen molar-refractivity contribution in [3.8, 4) is 5.75 Å². The van der Waals surface area contributed by atoms with E-state index in [9.17, 15) is 9.59 Å². The van der Waals surface area contributed by atoms with Gasteiger partial charge >= 0.3 is 12.2 Å². The van der Waals surface area contributed by atoms with Gasteiger partial charge in [-0.3, -0.25) is 0 Å². The molecule has 156 valence electrons. The van der Waals surface area contributed by atoms with Crippen molar-refractivity contribution < 1.29 is 23.8 Å². The molecule has 0 aliphatic carbocycles. The van der Waals surface area contributed by atoms with Gasteiger partial charge in [0.2, 0.25) is 0 Å². The van der Waals surface area contributed by atoms with Gasteiger partial charge in [0.05, 0.1) is 24.2 Å². The lowest BCUT2D eigenvalue weighted by molar-refractivity contribution is 0.105. The highest BCUT2D eigenvalue weighted by Gasteiger charge is 2.25. The number of nitrogens with zero attached hydrogens (tertiary/aromatic N) is 1. The molecule has 0 amide bonds. The molecule has 31 heavy (non-hydrogen) atoms. The lowest BCUT2D eigenvalue weighted by atomic mass is 10.1. The Labute approximate surface area is 177 Å². The van der Waals surface area contributed by atoms with Gasteiger partial charge in [0, 0.05) is 27.1 Å². The smallest absolute Gasteiger partial charge is 0.449 e. The highest BCUT2D eigenvalue weighted by molar-refractivity contribution is 6.23. The molecule has 0 atom stereocenters. The Morgan fingerprint density at radius 1 is 0.871 bits per heavy atom. The first kappa shape index (κ1) is 19.0. The Kier molecular flexibility index (Phi) is 4.51. The normalized spacial score (nSPS) is 11.4. The van der Waals surface area contributed by atoms with Crippen LogP contribution in [0.5, 0.6) is 5.75 Å². The summed E-state index contributed by atoms with van der Waals surface area (Å²) in [4.78, 5) is 28.6. The number of hydrogen-bond acceptors (Lipinski definition) is 5. The second kappa shape index (κ2) is 7.36. The van der Waals surface area contributed by atoms with Crippen LogP contribution in [-0.4, -0.2) is 35.0 Å². The minimum absolute atomic E-state index is 0.172. The maximum absolute atomic E-state index is 13.0. The second-order valence-corrected chi connectivity index (χ2v) is 7.03. The summed E-state index contributed by atoms with van der Waals surface area (Å²) >= 11 is 0. The zero-order valence-electron chi connectivity index (χ0n) is 17.1. The van der Waals surface area contributed by atoms with E-state index in [-0.39, 0.29) is 19.0 Å². The highest BCUT2D eigenvalue weighted by atomic mass is 16.7. The first-order valence-electron chi connectivity index (χ1n) is 10.1. The van der Waals surface area contributed by atoms with Gasteiger partial charge in [-0.2, -0.15) is 0 Å². The monoisotopic (exact) mass is 416 g/mol. The van der Waals surface area contributed by atoms with Crippen molar-refractivity contribution >= 4 is 55.9 Å². The topological polar surface area (TPSA) is 82.5 Å². The Balaban J connectivity index is 1.97. The molecule has 0 saturated heterocycles. The molecule has 0 bridgehead atoms. The first-order valence-corrected chi connectivity index (χ1v) is 10.1. The van der Waals surface area contributed by atoms with Gasteiger partial charge in [-0.25, -0.2) is 14.2 Å². The van der Waals surface area contributed by atoms with E-state index in [4.69, 9.17) is 14.2 Å². The Hall–Kier alpha value is -4.00. The zero-order valence-corrected chi connectivity index (χ0v) is 17.1. The third-order valence-electron chi connectivity index (χ3n) is 5.29. The molecule has 0 radical (unpaired) electrons. The van der Waals surface area contributed by atoms with Crippen LogP contribution in [0.1, 0.15) is 13.8 Å². The largest absolute Gasteiger partial charge is 0.513 e. The van der Waals surface area contributed by atoms with Gasteiger partial charge in [-0.05, 0) is 32.0 Å². The van der Waals surface area contributed by atoms with E-state index in [1.54, 1.807) is 13.8 Å². The number of aromatic nitrogens is 2. The SMILES string of the molecule is CCOC(=O)Oc1c2[nH]c3ccccc3c2cc2c3ccccc3n(C(=O)OCC)c12. The fraction of sp³-hybridized carbons (Fsp3) is 0.167.